The Morgan fingerprint density at radius 3 is 2.44 bits per heavy atom. The third-order valence-electron chi connectivity index (χ3n) is 5.09. The van der Waals surface area contributed by atoms with Gasteiger partial charge in [0, 0.05) is 6.54 Å². The van der Waals surface area contributed by atoms with Crippen LogP contribution in [0.25, 0.3) is 0 Å². The molecule has 1 aliphatic heterocycles. The molecule has 0 aromatic heterocycles. The van der Waals surface area contributed by atoms with Gasteiger partial charge in [0.25, 0.3) is 5.96 Å². The quantitative estimate of drug-likeness (QED) is 0.248. The Balaban J connectivity index is 1.62. The molecule has 10 nitrogen and oxygen atoms in total. The normalized spacial score (nSPS) is 17.9. The molecule has 2 aromatic carbocycles. The maximum atomic E-state index is 12.4. The lowest BCUT2D eigenvalue weighted by atomic mass is 10.0. The van der Waals surface area contributed by atoms with Gasteiger partial charge in [-0.15, -0.1) is 0 Å². The summed E-state index contributed by atoms with van der Waals surface area (Å²) in [5.74, 6) is -0.385. The molecule has 1 aliphatic rings. The molecule has 3 rings (SSSR count). The Morgan fingerprint density at radius 1 is 1.12 bits per heavy atom. The first kappa shape index (κ1) is 23.0. The number of hydrazine groups is 1. The first-order valence-corrected chi connectivity index (χ1v) is 10.4. The highest BCUT2D eigenvalue weighted by atomic mass is 16.7. The van der Waals surface area contributed by atoms with Crippen LogP contribution in [-0.2, 0) is 22.5 Å². The molecule has 1 amide bonds. The maximum Gasteiger partial charge on any atom is 0.407 e. The van der Waals surface area contributed by atoms with Crippen molar-refractivity contribution in [3.05, 3.63) is 81.9 Å². The Labute approximate surface area is 186 Å². The van der Waals surface area contributed by atoms with Crippen LogP contribution in [0.4, 0.5) is 4.79 Å². The Hall–Kier alpha value is -3.66. The molecule has 170 valence electrons. The first-order valence-electron chi connectivity index (χ1n) is 10.4. The minimum Gasteiger partial charge on any atom is -0.445 e. The van der Waals surface area contributed by atoms with Crippen molar-refractivity contribution in [2.24, 2.45) is 0 Å². The molecule has 2 atom stereocenters. The van der Waals surface area contributed by atoms with E-state index in [2.05, 4.69) is 5.32 Å². The third kappa shape index (κ3) is 6.95. The summed E-state index contributed by atoms with van der Waals surface area (Å²) >= 11 is 0. The summed E-state index contributed by atoms with van der Waals surface area (Å²) < 4.78 is 11.3. The van der Waals surface area contributed by atoms with E-state index in [1.807, 2.05) is 66.1 Å². The van der Waals surface area contributed by atoms with Gasteiger partial charge >= 0.3 is 6.09 Å². The van der Waals surface area contributed by atoms with E-state index >= 15 is 0 Å². The summed E-state index contributed by atoms with van der Waals surface area (Å²) in [4.78, 5) is 24.7. The van der Waals surface area contributed by atoms with E-state index in [1.165, 1.54) is 4.90 Å². The molecule has 0 radical (unpaired) electrons. The van der Waals surface area contributed by atoms with E-state index in [0.717, 1.165) is 11.1 Å². The number of nitro groups is 1. The van der Waals surface area contributed by atoms with E-state index in [-0.39, 0.29) is 12.6 Å². The lowest BCUT2D eigenvalue weighted by Crippen LogP contribution is -2.61. The minimum atomic E-state index is -0.783. The minimum absolute atomic E-state index is 0.126. The van der Waals surface area contributed by atoms with E-state index in [0.29, 0.717) is 32.4 Å². The third-order valence-corrected chi connectivity index (χ3v) is 5.09. The Kier molecular flexibility index (Phi) is 8.38. The van der Waals surface area contributed by atoms with Crippen LogP contribution in [0.1, 0.15) is 24.0 Å². The molecule has 1 heterocycles. The second-order valence-corrected chi connectivity index (χ2v) is 7.36. The first-order chi connectivity index (χ1) is 15.5. The standard InChI is InChI=1S/C22H27N5O5/c23-21(25-27(29)30)26-14-7-12-19(20(26)31-15-13-17-8-3-1-4-9-17)24-22(28)32-16-18-10-5-2-6-11-18/h1-6,8-11,19-20H,7,12-16H2,(H2,23,25)(H,24,28)/t19-,20-/m0/s1. The zero-order valence-corrected chi connectivity index (χ0v) is 17.6. The number of hydrogen-bond acceptors (Lipinski definition) is 6. The van der Waals surface area contributed by atoms with Gasteiger partial charge < -0.3 is 19.7 Å². The van der Waals surface area contributed by atoms with Crippen molar-refractivity contribution < 1.29 is 19.3 Å². The number of hydrogen-bond donors (Lipinski definition) is 3. The molecule has 2 aromatic rings. The van der Waals surface area contributed by atoms with Crippen molar-refractivity contribution in [3.63, 3.8) is 0 Å². The Bertz CT molecular complexity index is 896. The predicted molar refractivity (Wildman–Crippen MR) is 117 cm³/mol. The zero-order chi connectivity index (χ0) is 22.8. The molecular formula is C22H27N5O5. The summed E-state index contributed by atoms with van der Waals surface area (Å²) in [6.45, 7) is 0.850. The SMILES string of the molecule is N=C(N[N+](=O)[O-])N1CCC[C@H](NC(=O)OCc2ccccc2)[C@@H]1OCCc1ccccc1. The monoisotopic (exact) mass is 441 g/mol. The predicted octanol–water partition coefficient (Wildman–Crippen LogP) is 2.68. The van der Waals surface area contributed by atoms with Crippen molar-refractivity contribution in [1.82, 2.24) is 15.6 Å². The number of benzene rings is 2. The highest BCUT2D eigenvalue weighted by molar-refractivity contribution is 5.76. The van der Waals surface area contributed by atoms with Crippen molar-refractivity contribution in [2.75, 3.05) is 13.2 Å². The van der Waals surface area contributed by atoms with Crippen LogP contribution in [0.15, 0.2) is 60.7 Å². The number of ether oxygens (including phenoxy) is 2. The van der Waals surface area contributed by atoms with Crippen molar-refractivity contribution in [3.8, 4) is 0 Å². The number of rotatable bonds is 8. The van der Waals surface area contributed by atoms with Crippen molar-refractivity contribution >= 4 is 12.1 Å². The van der Waals surface area contributed by atoms with Gasteiger partial charge in [0.05, 0.1) is 12.6 Å². The fourth-order valence-electron chi connectivity index (χ4n) is 3.57. The summed E-state index contributed by atoms with van der Waals surface area (Å²) in [5.41, 5.74) is 3.82. The van der Waals surface area contributed by atoms with Gasteiger partial charge in [0.2, 0.25) is 0 Å². The average molecular weight is 441 g/mol. The average Bonchev–Trinajstić information content (AvgIpc) is 2.79. The summed E-state index contributed by atoms with van der Waals surface area (Å²) in [6, 6.07) is 18.6. The van der Waals surface area contributed by atoms with Crippen LogP contribution in [-0.4, -0.2) is 47.4 Å². The summed E-state index contributed by atoms with van der Waals surface area (Å²) in [5, 5.41) is 20.9. The molecule has 0 unspecified atom stereocenters. The number of nitrogens with one attached hydrogen (secondary N) is 3. The van der Waals surface area contributed by atoms with Crippen LogP contribution in [0.5, 0.6) is 0 Å². The van der Waals surface area contributed by atoms with Gasteiger partial charge in [0.15, 0.2) is 11.3 Å². The number of likely N-dealkylation sites (tertiary alicyclic amines) is 1. The largest absolute Gasteiger partial charge is 0.445 e. The van der Waals surface area contributed by atoms with Gasteiger partial charge in [-0.25, -0.2) is 14.9 Å². The van der Waals surface area contributed by atoms with Crippen LogP contribution in [0.3, 0.4) is 0 Å². The molecule has 32 heavy (non-hydrogen) atoms. The molecule has 3 N–H and O–H groups in total. The van der Waals surface area contributed by atoms with Crippen LogP contribution in [0, 0.1) is 15.5 Å². The van der Waals surface area contributed by atoms with Gasteiger partial charge in [-0.05, 0) is 30.4 Å². The lowest BCUT2D eigenvalue weighted by Gasteiger charge is -2.41. The second kappa shape index (κ2) is 11.7. The van der Waals surface area contributed by atoms with Gasteiger partial charge in [-0.1, -0.05) is 66.1 Å². The topological polar surface area (TPSA) is 130 Å². The molecule has 0 saturated carbocycles. The molecule has 0 bridgehead atoms. The van der Waals surface area contributed by atoms with Crippen LogP contribution >= 0.6 is 0 Å². The zero-order valence-electron chi connectivity index (χ0n) is 17.6. The molecule has 1 fully saturated rings. The molecule has 0 aliphatic carbocycles. The Morgan fingerprint density at radius 2 is 1.78 bits per heavy atom. The second-order valence-electron chi connectivity index (χ2n) is 7.36. The lowest BCUT2D eigenvalue weighted by molar-refractivity contribution is -0.527. The van der Waals surface area contributed by atoms with Gasteiger partial charge in [-0.3, -0.25) is 5.41 Å². The smallest absolute Gasteiger partial charge is 0.407 e. The summed E-state index contributed by atoms with van der Waals surface area (Å²) in [7, 11) is 0. The van der Waals surface area contributed by atoms with Gasteiger partial charge in [-0.2, -0.15) is 0 Å². The van der Waals surface area contributed by atoms with Crippen molar-refractivity contribution in [1.29, 1.82) is 5.41 Å². The van der Waals surface area contributed by atoms with Crippen LogP contribution < -0.4 is 10.7 Å². The number of alkyl carbamates (subject to hydrolysis) is 1. The van der Waals surface area contributed by atoms with Crippen LogP contribution in [0.2, 0.25) is 0 Å². The number of guanidine groups is 1. The molecule has 10 heteroatoms. The van der Waals surface area contributed by atoms with E-state index in [9.17, 15) is 14.9 Å². The number of nitrogens with zero attached hydrogens (tertiary/aromatic N) is 2. The fraction of sp³-hybridized carbons (Fsp3) is 0.364. The van der Waals surface area contributed by atoms with E-state index in [4.69, 9.17) is 14.9 Å². The number of carbonyl (C=O) groups is 1. The fourth-order valence-corrected chi connectivity index (χ4v) is 3.57. The number of piperidine rings is 1. The maximum absolute atomic E-state index is 12.4. The molecule has 0 spiro atoms. The van der Waals surface area contributed by atoms with E-state index < -0.39 is 23.4 Å². The molecule has 1 saturated heterocycles. The summed E-state index contributed by atoms with van der Waals surface area (Å²) in [6.07, 6.45) is 0.512. The van der Waals surface area contributed by atoms with Crippen molar-refractivity contribution in [2.45, 2.75) is 38.1 Å². The molecular weight excluding hydrogens is 414 g/mol. The number of amides is 1. The highest BCUT2D eigenvalue weighted by Gasteiger charge is 2.36. The van der Waals surface area contributed by atoms with Gasteiger partial charge in [0.1, 0.15) is 6.61 Å². The highest BCUT2D eigenvalue weighted by Crippen LogP contribution is 2.20. The van der Waals surface area contributed by atoms with E-state index in [1.54, 1.807) is 0 Å². The number of carbonyl (C=O) groups excluding carboxylic acids is 1.